The molecule has 3 heteroatoms. The maximum atomic E-state index is 13.4. The van der Waals surface area contributed by atoms with E-state index in [9.17, 15) is 9.59 Å². The third-order valence-corrected chi connectivity index (χ3v) is 12.8. The van der Waals surface area contributed by atoms with Crippen LogP contribution < -0.4 is 0 Å². The molecule has 7 fully saturated rings. The number of esters is 1. The van der Waals surface area contributed by atoms with E-state index in [1.165, 1.54) is 69.8 Å². The lowest BCUT2D eigenvalue weighted by Gasteiger charge is -2.58. The summed E-state index contributed by atoms with van der Waals surface area (Å²) in [5, 5.41) is 0. The molecular formula is C31H44O3. The Balaban J connectivity index is 1.05. The number of ketones is 1. The molecule has 0 unspecified atom stereocenters. The van der Waals surface area contributed by atoms with Gasteiger partial charge in [-0.15, -0.1) is 0 Å². The Bertz CT molecular complexity index is 896. The third kappa shape index (κ3) is 3.20. The van der Waals surface area contributed by atoms with E-state index in [1.807, 2.05) is 6.08 Å². The molecule has 3 nitrogen and oxygen atoms in total. The second-order valence-corrected chi connectivity index (χ2v) is 14.7. The summed E-state index contributed by atoms with van der Waals surface area (Å²) < 4.78 is 6.45. The van der Waals surface area contributed by atoms with Crippen LogP contribution in [0.2, 0.25) is 0 Å². The van der Waals surface area contributed by atoms with Gasteiger partial charge in [0.15, 0.2) is 5.78 Å². The van der Waals surface area contributed by atoms with Crippen LogP contribution in [-0.2, 0) is 14.3 Å². The van der Waals surface area contributed by atoms with Crippen LogP contribution in [0.25, 0.3) is 0 Å². The fourth-order valence-corrected chi connectivity index (χ4v) is 11.7. The SMILES string of the molecule is C[C@]12CC[C@H]3[C@@H](CCC4=CC(=O)CC[C@@]43C)[C@@H]1CC[C@@H]2OC(=O)CC12CC3CC(CC(C3)C1)C2. The van der Waals surface area contributed by atoms with Gasteiger partial charge < -0.3 is 4.74 Å². The lowest BCUT2D eigenvalue weighted by Crippen LogP contribution is -2.52. The van der Waals surface area contributed by atoms with Gasteiger partial charge in [-0.25, -0.2) is 0 Å². The maximum Gasteiger partial charge on any atom is 0.306 e. The van der Waals surface area contributed by atoms with Gasteiger partial charge in [0, 0.05) is 11.8 Å². The van der Waals surface area contributed by atoms with Gasteiger partial charge >= 0.3 is 5.97 Å². The maximum absolute atomic E-state index is 13.4. The van der Waals surface area contributed by atoms with Crippen LogP contribution in [0.3, 0.4) is 0 Å². The first-order valence-electron chi connectivity index (χ1n) is 14.7. The zero-order valence-corrected chi connectivity index (χ0v) is 21.5. The second kappa shape index (κ2) is 7.45. The Labute approximate surface area is 205 Å². The minimum Gasteiger partial charge on any atom is -0.462 e. The van der Waals surface area contributed by atoms with Crippen molar-refractivity contribution in [2.45, 2.75) is 116 Å². The molecule has 0 spiro atoms. The third-order valence-electron chi connectivity index (χ3n) is 12.8. The van der Waals surface area contributed by atoms with E-state index in [1.54, 1.807) is 0 Å². The number of hydrogen-bond donors (Lipinski definition) is 0. The van der Waals surface area contributed by atoms with Gasteiger partial charge in [0.1, 0.15) is 6.10 Å². The molecule has 6 atom stereocenters. The molecule has 0 aliphatic heterocycles. The molecule has 0 amide bonds. The molecule has 8 aliphatic carbocycles. The molecule has 0 aromatic heterocycles. The smallest absolute Gasteiger partial charge is 0.306 e. The molecule has 0 heterocycles. The number of allylic oxidation sites excluding steroid dienone is 1. The van der Waals surface area contributed by atoms with Gasteiger partial charge in [0.25, 0.3) is 0 Å². The molecule has 0 N–H and O–H groups in total. The van der Waals surface area contributed by atoms with Crippen molar-refractivity contribution >= 4 is 11.8 Å². The number of hydrogen-bond acceptors (Lipinski definition) is 3. The van der Waals surface area contributed by atoms with Crippen molar-refractivity contribution in [3.8, 4) is 0 Å². The highest BCUT2D eigenvalue weighted by Gasteiger charge is 2.60. The monoisotopic (exact) mass is 464 g/mol. The number of carbonyl (C=O) groups is 2. The summed E-state index contributed by atoms with van der Waals surface area (Å²) in [4.78, 5) is 25.5. The normalized spacial score (nSPS) is 53.1. The molecule has 0 aromatic carbocycles. The van der Waals surface area contributed by atoms with Crippen LogP contribution in [0.15, 0.2) is 11.6 Å². The Morgan fingerprint density at radius 2 is 1.62 bits per heavy atom. The Hall–Kier alpha value is -1.12. The highest BCUT2D eigenvalue weighted by Crippen LogP contribution is 2.66. The Morgan fingerprint density at radius 3 is 2.32 bits per heavy atom. The van der Waals surface area contributed by atoms with Crippen molar-refractivity contribution < 1.29 is 14.3 Å². The second-order valence-electron chi connectivity index (χ2n) is 14.7. The van der Waals surface area contributed by atoms with Crippen LogP contribution in [0.5, 0.6) is 0 Å². The number of rotatable bonds is 3. The van der Waals surface area contributed by atoms with E-state index in [-0.39, 0.29) is 28.3 Å². The molecule has 0 saturated heterocycles. The molecule has 0 radical (unpaired) electrons. The predicted octanol–water partition coefficient (Wildman–Crippen LogP) is 7.04. The summed E-state index contributed by atoms with van der Waals surface area (Å²) in [7, 11) is 0. The van der Waals surface area contributed by atoms with E-state index in [0.29, 0.717) is 24.0 Å². The average Bonchev–Trinajstić information content (AvgIpc) is 3.09. The molecule has 186 valence electrons. The summed E-state index contributed by atoms with van der Waals surface area (Å²) in [6, 6.07) is 0. The van der Waals surface area contributed by atoms with Crippen molar-refractivity contribution in [1.29, 1.82) is 0 Å². The number of ether oxygens (including phenoxy) is 1. The Morgan fingerprint density at radius 1 is 0.912 bits per heavy atom. The summed E-state index contributed by atoms with van der Waals surface area (Å²) >= 11 is 0. The topological polar surface area (TPSA) is 43.4 Å². The molecule has 34 heavy (non-hydrogen) atoms. The largest absolute Gasteiger partial charge is 0.462 e. The van der Waals surface area contributed by atoms with Gasteiger partial charge in [-0.3, -0.25) is 9.59 Å². The average molecular weight is 465 g/mol. The summed E-state index contributed by atoms with van der Waals surface area (Å²) in [5.74, 6) is 5.28. The standard InChI is InChI=1S/C31H44O3/c1-29-9-7-23(32)14-22(29)3-4-24-25-5-6-27(30(25,2)10-8-26(24)29)34-28(33)18-31-15-19-11-20(16-31)13-21(12-19)17-31/h14,19-21,24-27H,3-13,15-18H2,1-2H3/t19?,20?,21?,24-,25-,26-,27-,29-,30-,31?/m0/s1. The fourth-order valence-electron chi connectivity index (χ4n) is 11.7. The lowest BCUT2D eigenvalue weighted by molar-refractivity contribution is -0.167. The van der Waals surface area contributed by atoms with Crippen LogP contribution in [0.4, 0.5) is 0 Å². The van der Waals surface area contributed by atoms with Gasteiger partial charge in [0.05, 0.1) is 6.42 Å². The zero-order chi connectivity index (χ0) is 23.3. The highest BCUT2D eigenvalue weighted by molar-refractivity contribution is 5.91. The van der Waals surface area contributed by atoms with E-state index < -0.39 is 0 Å². The fraction of sp³-hybridized carbons (Fsp3) is 0.871. The summed E-state index contributed by atoms with van der Waals surface area (Å²) in [5.41, 5.74) is 2.11. The first kappa shape index (κ1) is 22.1. The van der Waals surface area contributed by atoms with Gasteiger partial charge in [-0.2, -0.15) is 0 Å². The van der Waals surface area contributed by atoms with Crippen molar-refractivity contribution in [3.63, 3.8) is 0 Å². The molecule has 7 saturated carbocycles. The van der Waals surface area contributed by atoms with Crippen molar-refractivity contribution in [2.24, 2.45) is 51.8 Å². The van der Waals surface area contributed by atoms with Crippen molar-refractivity contribution in [2.75, 3.05) is 0 Å². The first-order chi connectivity index (χ1) is 16.3. The molecule has 4 bridgehead atoms. The Kier molecular flexibility index (Phi) is 4.84. The number of fused-ring (bicyclic) bond motifs is 5. The molecule has 0 aromatic rings. The van der Waals surface area contributed by atoms with E-state index in [0.717, 1.165) is 49.4 Å². The van der Waals surface area contributed by atoms with Crippen LogP contribution >= 0.6 is 0 Å². The molecule has 8 aliphatic rings. The molecule has 8 rings (SSSR count). The quantitative estimate of drug-likeness (QED) is 0.421. The lowest BCUT2D eigenvalue weighted by atomic mass is 9.47. The summed E-state index contributed by atoms with van der Waals surface area (Å²) in [6.45, 7) is 4.92. The minimum atomic E-state index is 0.123. The van der Waals surface area contributed by atoms with Crippen LogP contribution in [-0.4, -0.2) is 17.9 Å². The minimum absolute atomic E-state index is 0.123. The van der Waals surface area contributed by atoms with Gasteiger partial charge in [-0.1, -0.05) is 19.4 Å². The van der Waals surface area contributed by atoms with Crippen LogP contribution in [0, 0.1) is 51.8 Å². The van der Waals surface area contributed by atoms with Gasteiger partial charge in [-0.05, 0) is 136 Å². The zero-order valence-electron chi connectivity index (χ0n) is 21.5. The predicted molar refractivity (Wildman–Crippen MR) is 132 cm³/mol. The first-order valence-corrected chi connectivity index (χ1v) is 14.7. The highest BCUT2D eigenvalue weighted by atomic mass is 16.5. The number of carbonyl (C=O) groups excluding carboxylic acids is 2. The van der Waals surface area contributed by atoms with Crippen LogP contribution in [0.1, 0.15) is 110 Å². The van der Waals surface area contributed by atoms with Gasteiger partial charge in [0.2, 0.25) is 0 Å². The van der Waals surface area contributed by atoms with E-state index in [4.69, 9.17) is 4.74 Å². The molecular weight excluding hydrogens is 420 g/mol. The van der Waals surface area contributed by atoms with Crippen molar-refractivity contribution in [3.05, 3.63) is 11.6 Å². The van der Waals surface area contributed by atoms with Crippen molar-refractivity contribution in [1.82, 2.24) is 0 Å². The van der Waals surface area contributed by atoms with E-state index in [2.05, 4.69) is 13.8 Å². The van der Waals surface area contributed by atoms with E-state index >= 15 is 0 Å². The summed E-state index contributed by atoms with van der Waals surface area (Å²) in [6.07, 6.45) is 19.8.